The highest BCUT2D eigenvalue weighted by atomic mass is 32.2. The molecule has 2 amide bonds. The molecule has 11 heteroatoms. The van der Waals surface area contributed by atoms with Gasteiger partial charge in [0.2, 0.25) is 5.91 Å². The second kappa shape index (κ2) is 10.4. The smallest absolute Gasteiger partial charge is 0.280 e. The van der Waals surface area contributed by atoms with Crippen LogP contribution in [0.4, 0.5) is 18.9 Å². The van der Waals surface area contributed by atoms with Crippen molar-refractivity contribution in [2.45, 2.75) is 23.9 Å². The van der Waals surface area contributed by atoms with Gasteiger partial charge in [0.1, 0.15) is 0 Å². The first-order chi connectivity index (χ1) is 16.0. The molecule has 0 aliphatic carbocycles. The van der Waals surface area contributed by atoms with Gasteiger partial charge >= 0.3 is 6.18 Å². The highest BCUT2D eigenvalue weighted by molar-refractivity contribution is 7.92. The Morgan fingerprint density at radius 1 is 0.824 bits per heavy atom. The third-order valence-corrected chi connectivity index (χ3v) is 6.03. The van der Waals surface area contributed by atoms with Crippen LogP contribution in [0.5, 0.6) is 0 Å². The van der Waals surface area contributed by atoms with Crippen molar-refractivity contribution >= 4 is 27.5 Å². The van der Waals surface area contributed by atoms with E-state index in [0.717, 1.165) is 23.8 Å². The summed E-state index contributed by atoms with van der Waals surface area (Å²) in [6, 6.07) is 17.9. The summed E-state index contributed by atoms with van der Waals surface area (Å²) >= 11 is 0. The number of anilines is 1. The highest BCUT2D eigenvalue weighted by Gasteiger charge is 2.30. The van der Waals surface area contributed by atoms with Crippen molar-refractivity contribution < 1.29 is 31.2 Å². The molecule has 0 aliphatic heterocycles. The van der Waals surface area contributed by atoms with Gasteiger partial charge in [0.05, 0.1) is 10.5 Å². The molecular weight excluding hydrogens is 471 g/mol. The molecule has 0 heterocycles. The summed E-state index contributed by atoms with van der Waals surface area (Å²) in [5, 5.41) is 0. The van der Waals surface area contributed by atoms with Crippen molar-refractivity contribution in [3.05, 3.63) is 95.6 Å². The molecule has 0 bridgehead atoms. The Kier molecular flexibility index (Phi) is 7.57. The first-order valence-corrected chi connectivity index (χ1v) is 11.5. The molecule has 0 unspecified atom stereocenters. The zero-order valence-corrected chi connectivity index (χ0v) is 18.4. The molecule has 3 aromatic carbocycles. The minimum absolute atomic E-state index is 0.0738. The number of aryl methyl sites for hydroxylation is 1. The molecule has 0 atom stereocenters. The van der Waals surface area contributed by atoms with Crippen molar-refractivity contribution in [3.63, 3.8) is 0 Å². The van der Waals surface area contributed by atoms with Crippen LogP contribution in [0, 0.1) is 0 Å². The van der Waals surface area contributed by atoms with E-state index in [4.69, 9.17) is 0 Å². The number of benzene rings is 3. The van der Waals surface area contributed by atoms with E-state index < -0.39 is 33.6 Å². The number of alkyl halides is 3. The molecule has 0 saturated carbocycles. The average Bonchev–Trinajstić information content (AvgIpc) is 2.81. The maximum atomic E-state index is 12.9. The first-order valence-electron chi connectivity index (χ1n) is 9.98. The molecule has 0 saturated heterocycles. The van der Waals surface area contributed by atoms with Crippen LogP contribution in [0.2, 0.25) is 0 Å². The summed E-state index contributed by atoms with van der Waals surface area (Å²) in [6.45, 7) is 0. The fourth-order valence-corrected chi connectivity index (χ4v) is 4.04. The van der Waals surface area contributed by atoms with Crippen molar-refractivity contribution in [2.75, 3.05) is 4.72 Å². The van der Waals surface area contributed by atoms with Gasteiger partial charge in [-0.25, -0.2) is 8.42 Å². The lowest BCUT2D eigenvalue weighted by Gasteiger charge is -2.12. The molecule has 3 N–H and O–H groups in total. The lowest BCUT2D eigenvalue weighted by molar-refractivity contribution is -0.137. The molecule has 3 rings (SSSR count). The van der Waals surface area contributed by atoms with E-state index in [9.17, 15) is 31.2 Å². The number of carbonyl (C=O) groups excluding carboxylic acids is 2. The topological polar surface area (TPSA) is 104 Å². The quantitative estimate of drug-likeness (QED) is 0.436. The number of halogens is 3. The second-order valence-electron chi connectivity index (χ2n) is 7.20. The minimum atomic E-state index is -4.63. The van der Waals surface area contributed by atoms with E-state index in [1.54, 1.807) is 0 Å². The van der Waals surface area contributed by atoms with E-state index >= 15 is 0 Å². The van der Waals surface area contributed by atoms with Gasteiger partial charge in [-0.2, -0.15) is 13.2 Å². The Labute approximate surface area is 194 Å². The van der Waals surface area contributed by atoms with E-state index in [2.05, 4.69) is 15.6 Å². The van der Waals surface area contributed by atoms with Gasteiger partial charge in [-0.05, 0) is 48.4 Å². The number of nitrogens with one attached hydrogen (secondary N) is 3. The number of carbonyl (C=O) groups is 2. The Hall–Kier alpha value is -3.86. The van der Waals surface area contributed by atoms with Gasteiger partial charge < -0.3 is 0 Å². The van der Waals surface area contributed by atoms with Gasteiger partial charge in [-0.15, -0.1) is 0 Å². The molecule has 0 fully saturated rings. The van der Waals surface area contributed by atoms with E-state index in [1.807, 2.05) is 30.3 Å². The monoisotopic (exact) mass is 491 g/mol. The summed E-state index contributed by atoms with van der Waals surface area (Å²) in [5.74, 6) is -1.20. The van der Waals surface area contributed by atoms with Gasteiger partial charge in [0.15, 0.2) is 0 Å². The lowest BCUT2D eigenvalue weighted by Crippen LogP contribution is -2.41. The van der Waals surface area contributed by atoms with Gasteiger partial charge in [-0.1, -0.05) is 42.5 Å². The van der Waals surface area contributed by atoms with Crippen LogP contribution in [0.25, 0.3) is 0 Å². The third kappa shape index (κ3) is 6.82. The van der Waals surface area contributed by atoms with Gasteiger partial charge in [0.25, 0.3) is 15.9 Å². The maximum absolute atomic E-state index is 12.9. The molecule has 0 aromatic heterocycles. The molecule has 0 spiro atoms. The predicted octanol–water partition coefficient (Wildman–Crippen LogP) is 3.90. The third-order valence-electron chi connectivity index (χ3n) is 4.65. The van der Waals surface area contributed by atoms with Crippen LogP contribution in [-0.2, 0) is 27.4 Å². The number of rotatable bonds is 7. The minimum Gasteiger partial charge on any atom is -0.280 e. The molecule has 34 heavy (non-hydrogen) atoms. The Morgan fingerprint density at radius 3 is 2.24 bits per heavy atom. The summed E-state index contributed by atoms with van der Waals surface area (Å²) in [6.07, 6.45) is -4.04. The molecular formula is C23H20F3N3O4S. The van der Waals surface area contributed by atoms with Gasteiger partial charge in [-0.3, -0.25) is 25.2 Å². The fourth-order valence-electron chi connectivity index (χ4n) is 2.94. The zero-order valence-electron chi connectivity index (χ0n) is 17.6. The number of hydrazine groups is 1. The summed E-state index contributed by atoms with van der Waals surface area (Å²) in [7, 11) is -4.29. The Morgan fingerprint density at radius 2 is 1.53 bits per heavy atom. The van der Waals surface area contributed by atoms with E-state index in [0.29, 0.717) is 12.5 Å². The maximum Gasteiger partial charge on any atom is 0.416 e. The molecule has 0 aliphatic rings. The Bertz CT molecular complexity index is 1280. The van der Waals surface area contributed by atoms with Crippen LogP contribution in [0.3, 0.4) is 0 Å². The molecule has 7 nitrogen and oxygen atoms in total. The number of hydrogen-bond donors (Lipinski definition) is 3. The number of hydrogen-bond acceptors (Lipinski definition) is 4. The van der Waals surface area contributed by atoms with E-state index in [-0.39, 0.29) is 22.6 Å². The van der Waals surface area contributed by atoms with Crippen molar-refractivity contribution in [2.24, 2.45) is 0 Å². The Balaban J connectivity index is 1.63. The average molecular weight is 491 g/mol. The number of sulfonamides is 1. The summed E-state index contributed by atoms with van der Waals surface area (Å²) < 4.78 is 66.0. The van der Waals surface area contributed by atoms with Crippen LogP contribution in [-0.4, -0.2) is 20.2 Å². The zero-order chi connectivity index (χ0) is 24.8. The fraction of sp³-hybridized carbons (Fsp3) is 0.130. The SMILES string of the molecule is O=C(CCc1ccccc1)NNC(=O)c1cccc(S(=O)(=O)Nc2cccc(C(F)(F)F)c2)c1. The van der Waals surface area contributed by atoms with Crippen molar-refractivity contribution in [1.29, 1.82) is 0 Å². The van der Waals surface area contributed by atoms with Crippen LogP contribution in [0.1, 0.15) is 27.9 Å². The molecule has 178 valence electrons. The normalized spacial score (nSPS) is 11.5. The van der Waals surface area contributed by atoms with Crippen molar-refractivity contribution in [1.82, 2.24) is 10.9 Å². The highest BCUT2D eigenvalue weighted by Crippen LogP contribution is 2.31. The lowest BCUT2D eigenvalue weighted by atomic mass is 10.1. The van der Waals surface area contributed by atoms with Crippen LogP contribution in [0.15, 0.2) is 83.8 Å². The standard InChI is InChI=1S/C23H20F3N3O4S/c24-23(25,26)18-9-5-10-19(15-18)29-34(32,33)20-11-4-8-17(14-20)22(31)28-27-21(30)13-12-16-6-2-1-3-7-16/h1-11,14-15,29H,12-13H2,(H,27,30)(H,28,31). The predicted molar refractivity (Wildman–Crippen MR) is 119 cm³/mol. The largest absolute Gasteiger partial charge is 0.416 e. The van der Waals surface area contributed by atoms with Crippen LogP contribution >= 0.6 is 0 Å². The molecule has 3 aromatic rings. The first kappa shape index (κ1) is 24.8. The van der Waals surface area contributed by atoms with E-state index in [1.165, 1.54) is 24.3 Å². The van der Waals surface area contributed by atoms with Crippen molar-refractivity contribution in [3.8, 4) is 0 Å². The second-order valence-corrected chi connectivity index (χ2v) is 8.88. The summed E-state index contributed by atoms with van der Waals surface area (Å²) in [4.78, 5) is 24.0. The van der Waals surface area contributed by atoms with Gasteiger partial charge in [0, 0.05) is 17.7 Å². The van der Waals surface area contributed by atoms with Crippen LogP contribution < -0.4 is 15.6 Å². The molecule has 0 radical (unpaired) electrons. The number of amides is 2. The summed E-state index contributed by atoms with van der Waals surface area (Å²) in [5.41, 5.74) is 4.06.